The Balaban J connectivity index is 1.48. The summed E-state index contributed by atoms with van der Waals surface area (Å²) in [5.41, 5.74) is 2.46. The predicted octanol–water partition coefficient (Wildman–Crippen LogP) is 4.75. The van der Waals surface area contributed by atoms with E-state index in [9.17, 15) is 13.2 Å². The van der Waals surface area contributed by atoms with Crippen molar-refractivity contribution in [2.45, 2.75) is 17.9 Å². The van der Waals surface area contributed by atoms with Crippen LogP contribution in [0.1, 0.15) is 11.1 Å². The van der Waals surface area contributed by atoms with Crippen LogP contribution in [0.25, 0.3) is 16.6 Å². The molecule has 5 rings (SSSR count). The van der Waals surface area contributed by atoms with Crippen molar-refractivity contribution >= 4 is 44.1 Å². The maximum Gasteiger partial charge on any atom is 0.243 e. The standard InChI is InChI=1S/C29H26ClN5O5S/c1-39-23-9-7-20(27(15-23)40-2)16-32-41(37,38)28-14-22(33-29(36)13-19-5-3-4-6-24(19)30)8-10-26(28)35-18-21-11-12-31-17-25(21)34-35/h3-12,14-15,17-18,32H,13,16H2,1-2H3,(H,33,36). The van der Waals surface area contributed by atoms with E-state index in [4.69, 9.17) is 21.1 Å². The van der Waals surface area contributed by atoms with E-state index in [2.05, 4.69) is 20.1 Å². The third-order valence-electron chi connectivity index (χ3n) is 6.35. The van der Waals surface area contributed by atoms with Crippen molar-refractivity contribution in [3.05, 3.63) is 101 Å². The lowest BCUT2D eigenvalue weighted by Crippen LogP contribution is -2.25. The molecule has 5 aromatic rings. The highest BCUT2D eigenvalue weighted by Crippen LogP contribution is 2.28. The number of ether oxygens (including phenoxy) is 2. The van der Waals surface area contributed by atoms with Gasteiger partial charge in [-0.3, -0.25) is 9.78 Å². The fourth-order valence-corrected chi connectivity index (χ4v) is 5.68. The average Bonchev–Trinajstić information content (AvgIpc) is 3.41. The molecule has 0 bridgehead atoms. The number of carbonyl (C=O) groups is 1. The molecule has 3 aromatic carbocycles. The molecule has 10 nitrogen and oxygen atoms in total. The molecule has 2 aromatic heterocycles. The maximum absolute atomic E-state index is 13.8. The summed E-state index contributed by atoms with van der Waals surface area (Å²) in [5.74, 6) is 0.705. The molecule has 1 amide bonds. The van der Waals surface area contributed by atoms with Gasteiger partial charge in [-0.25, -0.2) is 17.8 Å². The van der Waals surface area contributed by atoms with Gasteiger partial charge in [0.2, 0.25) is 15.9 Å². The molecule has 0 unspecified atom stereocenters. The van der Waals surface area contributed by atoms with Crippen LogP contribution in [0.15, 0.2) is 90.2 Å². The van der Waals surface area contributed by atoms with Crippen molar-refractivity contribution in [1.82, 2.24) is 19.5 Å². The van der Waals surface area contributed by atoms with Crippen molar-refractivity contribution in [3.63, 3.8) is 0 Å². The molecule has 0 aliphatic heterocycles. The van der Waals surface area contributed by atoms with Crippen LogP contribution in [-0.2, 0) is 27.8 Å². The molecule has 210 valence electrons. The third kappa shape index (κ3) is 6.32. The fraction of sp³-hybridized carbons (Fsp3) is 0.138. The first kappa shape index (κ1) is 28.1. The molecular formula is C29H26ClN5O5S. The van der Waals surface area contributed by atoms with Gasteiger partial charge in [0, 0.05) is 46.7 Å². The number of rotatable bonds is 10. The normalized spacial score (nSPS) is 11.4. The number of hydrogen-bond donors (Lipinski definition) is 2. The molecule has 0 radical (unpaired) electrons. The minimum Gasteiger partial charge on any atom is -0.497 e. The highest BCUT2D eigenvalue weighted by molar-refractivity contribution is 7.89. The Bertz CT molecular complexity index is 1810. The Morgan fingerprint density at radius 1 is 1.00 bits per heavy atom. The van der Waals surface area contributed by atoms with E-state index in [1.54, 1.807) is 79.3 Å². The zero-order valence-electron chi connectivity index (χ0n) is 22.2. The molecule has 41 heavy (non-hydrogen) atoms. The highest BCUT2D eigenvalue weighted by atomic mass is 35.5. The Morgan fingerprint density at radius 2 is 1.83 bits per heavy atom. The van der Waals surface area contributed by atoms with E-state index in [0.29, 0.717) is 44.5 Å². The van der Waals surface area contributed by atoms with Gasteiger partial charge < -0.3 is 14.8 Å². The highest BCUT2D eigenvalue weighted by Gasteiger charge is 2.23. The van der Waals surface area contributed by atoms with Crippen LogP contribution in [0.4, 0.5) is 5.69 Å². The lowest BCUT2D eigenvalue weighted by molar-refractivity contribution is -0.115. The van der Waals surface area contributed by atoms with E-state index in [0.717, 1.165) is 5.39 Å². The average molecular weight is 592 g/mol. The number of methoxy groups -OCH3 is 2. The molecule has 0 spiro atoms. The summed E-state index contributed by atoms with van der Waals surface area (Å²) >= 11 is 6.20. The lowest BCUT2D eigenvalue weighted by Gasteiger charge is -2.15. The maximum atomic E-state index is 13.8. The molecule has 2 N–H and O–H groups in total. The number of amides is 1. The van der Waals surface area contributed by atoms with Gasteiger partial charge in [0.1, 0.15) is 21.9 Å². The summed E-state index contributed by atoms with van der Waals surface area (Å²) in [5, 5.41) is 8.54. The molecule has 0 aliphatic rings. The number of aromatic nitrogens is 3. The number of anilines is 1. The van der Waals surface area contributed by atoms with Gasteiger partial charge in [0.05, 0.1) is 32.5 Å². The van der Waals surface area contributed by atoms with Crippen LogP contribution in [-0.4, -0.2) is 43.3 Å². The van der Waals surface area contributed by atoms with Crippen LogP contribution >= 0.6 is 11.6 Å². The van der Waals surface area contributed by atoms with E-state index in [-0.39, 0.29) is 23.8 Å². The molecule has 0 fully saturated rings. The summed E-state index contributed by atoms with van der Waals surface area (Å²) in [6.07, 6.45) is 4.97. The Morgan fingerprint density at radius 3 is 2.59 bits per heavy atom. The van der Waals surface area contributed by atoms with Crippen LogP contribution in [0.3, 0.4) is 0 Å². The SMILES string of the molecule is COc1ccc(CNS(=O)(=O)c2cc(NC(=O)Cc3ccccc3Cl)ccc2-n2cc3ccncc3n2)c(OC)c1. The second-order valence-electron chi connectivity index (χ2n) is 9.01. The molecule has 0 atom stereocenters. The summed E-state index contributed by atoms with van der Waals surface area (Å²) in [6, 6.07) is 18.5. The fourth-order valence-electron chi connectivity index (χ4n) is 4.25. The van der Waals surface area contributed by atoms with Gasteiger partial charge in [0.15, 0.2) is 0 Å². The van der Waals surface area contributed by atoms with E-state index in [1.807, 2.05) is 0 Å². The Kier molecular flexibility index (Phi) is 8.20. The number of pyridine rings is 1. The number of sulfonamides is 1. The Labute approximate surface area is 241 Å². The summed E-state index contributed by atoms with van der Waals surface area (Å²) in [4.78, 5) is 16.8. The van der Waals surface area contributed by atoms with Crippen LogP contribution in [0.2, 0.25) is 5.02 Å². The lowest BCUT2D eigenvalue weighted by atomic mass is 10.1. The van der Waals surface area contributed by atoms with Gasteiger partial charge in [-0.1, -0.05) is 35.9 Å². The van der Waals surface area contributed by atoms with Crippen LogP contribution < -0.4 is 19.5 Å². The van der Waals surface area contributed by atoms with Crippen molar-refractivity contribution in [2.75, 3.05) is 19.5 Å². The Hall–Kier alpha value is -4.45. The summed E-state index contributed by atoms with van der Waals surface area (Å²) < 4.78 is 42.3. The molecule has 0 aliphatic carbocycles. The number of hydrogen-bond acceptors (Lipinski definition) is 7. The van der Waals surface area contributed by atoms with E-state index < -0.39 is 10.0 Å². The van der Waals surface area contributed by atoms with Gasteiger partial charge in [0.25, 0.3) is 0 Å². The number of nitrogens with zero attached hydrogens (tertiary/aromatic N) is 3. The van der Waals surface area contributed by atoms with Gasteiger partial charge >= 0.3 is 0 Å². The monoisotopic (exact) mass is 591 g/mol. The zero-order valence-corrected chi connectivity index (χ0v) is 23.7. The minimum atomic E-state index is -4.12. The summed E-state index contributed by atoms with van der Waals surface area (Å²) in [6.45, 7) is -0.0525. The number of halogens is 1. The molecular weight excluding hydrogens is 566 g/mol. The van der Waals surface area contributed by atoms with E-state index in [1.165, 1.54) is 25.0 Å². The zero-order chi connectivity index (χ0) is 29.0. The largest absolute Gasteiger partial charge is 0.497 e. The van der Waals surface area contributed by atoms with Crippen molar-refractivity contribution < 1.29 is 22.7 Å². The summed E-state index contributed by atoms with van der Waals surface area (Å²) in [7, 11) is -1.09. The smallest absolute Gasteiger partial charge is 0.243 e. The van der Waals surface area contributed by atoms with Crippen molar-refractivity contribution in [3.8, 4) is 17.2 Å². The second-order valence-corrected chi connectivity index (χ2v) is 11.2. The van der Waals surface area contributed by atoms with E-state index >= 15 is 0 Å². The van der Waals surface area contributed by atoms with Crippen LogP contribution in [0.5, 0.6) is 11.5 Å². The number of nitrogens with one attached hydrogen (secondary N) is 2. The first-order valence-corrected chi connectivity index (χ1v) is 14.3. The molecule has 12 heteroatoms. The molecule has 2 heterocycles. The topological polar surface area (TPSA) is 124 Å². The quantitative estimate of drug-likeness (QED) is 0.240. The number of fused-ring (bicyclic) bond motifs is 1. The predicted molar refractivity (Wildman–Crippen MR) is 156 cm³/mol. The van der Waals surface area contributed by atoms with Crippen LogP contribution in [0, 0.1) is 0 Å². The van der Waals surface area contributed by atoms with Gasteiger partial charge in [-0.15, -0.1) is 0 Å². The molecule has 0 saturated carbocycles. The minimum absolute atomic E-state index is 0.0244. The third-order valence-corrected chi connectivity index (χ3v) is 8.14. The second kappa shape index (κ2) is 12.0. The molecule has 0 saturated heterocycles. The first-order chi connectivity index (χ1) is 19.8. The van der Waals surface area contributed by atoms with Gasteiger partial charge in [-0.2, -0.15) is 5.10 Å². The van der Waals surface area contributed by atoms with Crippen molar-refractivity contribution in [1.29, 1.82) is 0 Å². The van der Waals surface area contributed by atoms with Gasteiger partial charge in [-0.05, 0) is 42.0 Å². The number of carbonyl (C=O) groups excluding carboxylic acids is 1. The van der Waals surface area contributed by atoms with Crippen molar-refractivity contribution in [2.24, 2.45) is 0 Å². The number of benzene rings is 3. The first-order valence-electron chi connectivity index (χ1n) is 12.4.